The number of nitrogens with two attached hydrogens (primary N) is 1. The number of primary amides is 1. The average molecular weight is 456 g/mol. The molecule has 0 aliphatic carbocycles. The lowest BCUT2D eigenvalue weighted by molar-refractivity contribution is -0.132. The molecular formula is C24H33N5O4. The Hall–Kier alpha value is -3.36. The molecule has 2 atom stereocenters. The highest BCUT2D eigenvalue weighted by molar-refractivity contribution is 5.90. The van der Waals surface area contributed by atoms with Gasteiger partial charge >= 0.3 is 6.09 Å². The van der Waals surface area contributed by atoms with E-state index in [9.17, 15) is 14.4 Å². The molecule has 1 aromatic heterocycles. The van der Waals surface area contributed by atoms with Gasteiger partial charge < -0.3 is 20.7 Å². The maximum Gasteiger partial charge on any atom is 0.408 e. The zero-order valence-electron chi connectivity index (χ0n) is 19.5. The fraction of sp³-hybridized carbons (Fsp3) is 0.500. The van der Waals surface area contributed by atoms with E-state index < -0.39 is 17.6 Å². The van der Waals surface area contributed by atoms with Crippen LogP contribution in [0.2, 0.25) is 0 Å². The van der Waals surface area contributed by atoms with Crippen molar-refractivity contribution in [3.8, 4) is 0 Å². The quantitative estimate of drug-likeness (QED) is 0.590. The van der Waals surface area contributed by atoms with E-state index in [1.807, 2.05) is 56.0 Å². The second-order valence-electron chi connectivity index (χ2n) is 9.40. The number of benzene rings is 1. The van der Waals surface area contributed by atoms with Crippen molar-refractivity contribution in [1.29, 1.82) is 0 Å². The topological polar surface area (TPSA) is 130 Å². The number of carbonyl (C=O) groups is 3. The lowest BCUT2D eigenvalue weighted by Gasteiger charge is -2.32. The predicted octanol–water partition coefficient (Wildman–Crippen LogP) is 3.26. The maximum absolute atomic E-state index is 13.0. The monoisotopic (exact) mass is 455 g/mol. The van der Waals surface area contributed by atoms with Crippen molar-refractivity contribution in [3.63, 3.8) is 0 Å². The fourth-order valence-corrected chi connectivity index (χ4v) is 4.01. The van der Waals surface area contributed by atoms with E-state index in [-0.39, 0.29) is 30.0 Å². The van der Waals surface area contributed by atoms with Gasteiger partial charge in [0.25, 0.3) is 5.91 Å². The number of ether oxygens (including phenoxy) is 1. The molecule has 0 radical (unpaired) electrons. The van der Waals surface area contributed by atoms with Gasteiger partial charge in [-0.2, -0.15) is 5.10 Å². The molecule has 3 amide bonds. The van der Waals surface area contributed by atoms with Crippen LogP contribution in [-0.4, -0.2) is 51.7 Å². The molecule has 2 heterocycles. The Morgan fingerprint density at radius 1 is 1.27 bits per heavy atom. The number of carbonyl (C=O) groups excluding carboxylic acids is 3. The van der Waals surface area contributed by atoms with Crippen LogP contribution in [0.25, 0.3) is 0 Å². The normalized spacial score (nSPS) is 17.3. The largest absolute Gasteiger partial charge is 0.444 e. The van der Waals surface area contributed by atoms with Crippen LogP contribution in [0.4, 0.5) is 4.79 Å². The van der Waals surface area contributed by atoms with E-state index in [0.717, 1.165) is 24.1 Å². The van der Waals surface area contributed by atoms with E-state index in [4.69, 9.17) is 10.5 Å². The Morgan fingerprint density at radius 2 is 2.00 bits per heavy atom. The standard InChI is InChI=1S/C24H33N5O4/c1-24(2,3)33-23(32)26-18(16-8-5-4-6-9-16)11-12-21(30)29-13-7-10-17(15-29)19-14-20(22(25)31)28-27-19/h4-6,8-9,14,17-18H,7,10-13,15H2,1-3H3,(H2,25,31)(H,26,32)(H,27,28). The third-order valence-electron chi connectivity index (χ3n) is 5.60. The van der Waals surface area contributed by atoms with Crippen LogP contribution in [0, 0.1) is 0 Å². The molecule has 1 aliphatic rings. The van der Waals surface area contributed by atoms with Crippen molar-refractivity contribution in [3.05, 3.63) is 53.3 Å². The second kappa shape index (κ2) is 10.5. The van der Waals surface area contributed by atoms with E-state index >= 15 is 0 Å². The molecule has 0 saturated carbocycles. The van der Waals surface area contributed by atoms with Crippen molar-refractivity contribution < 1.29 is 19.1 Å². The molecule has 0 spiro atoms. The van der Waals surface area contributed by atoms with Gasteiger partial charge in [-0.15, -0.1) is 0 Å². The van der Waals surface area contributed by atoms with Gasteiger partial charge in [0.1, 0.15) is 11.3 Å². The molecule has 2 unspecified atom stereocenters. The summed E-state index contributed by atoms with van der Waals surface area (Å²) in [5.41, 5.74) is 6.62. The number of rotatable bonds is 7. The van der Waals surface area contributed by atoms with Crippen LogP contribution in [0.15, 0.2) is 36.4 Å². The zero-order valence-corrected chi connectivity index (χ0v) is 19.5. The van der Waals surface area contributed by atoms with Crippen LogP contribution in [0.1, 0.15) is 80.2 Å². The first-order chi connectivity index (χ1) is 15.6. The van der Waals surface area contributed by atoms with Crippen LogP contribution in [-0.2, 0) is 9.53 Å². The molecule has 1 aliphatic heterocycles. The van der Waals surface area contributed by atoms with E-state index in [2.05, 4.69) is 15.5 Å². The van der Waals surface area contributed by atoms with E-state index in [1.54, 1.807) is 6.07 Å². The third-order valence-corrected chi connectivity index (χ3v) is 5.60. The lowest BCUT2D eigenvalue weighted by Crippen LogP contribution is -2.40. The van der Waals surface area contributed by atoms with Crippen molar-refractivity contribution in [2.45, 2.75) is 64.0 Å². The third kappa shape index (κ3) is 7.06. The van der Waals surface area contributed by atoms with Crippen molar-refractivity contribution in [2.75, 3.05) is 13.1 Å². The maximum atomic E-state index is 13.0. The summed E-state index contributed by atoms with van der Waals surface area (Å²) < 4.78 is 5.41. The number of nitrogens with one attached hydrogen (secondary N) is 2. The molecule has 3 rings (SSSR count). The number of amides is 3. The highest BCUT2D eigenvalue weighted by Gasteiger charge is 2.27. The molecular weight excluding hydrogens is 422 g/mol. The van der Waals surface area contributed by atoms with Crippen molar-refractivity contribution >= 4 is 17.9 Å². The summed E-state index contributed by atoms with van der Waals surface area (Å²) in [6, 6.07) is 10.9. The summed E-state index contributed by atoms with van der Waals surface area (Å²) in [6.07, 6.45) is 2.00. The Bertz CT molecular complexity index is 967. The van der Waals surface area contributed by atoms with Gasteiger partial charge in [-0.3, -0.25) is 14.7 Å². The summed E-state index contributed by atoms with van der Waals surface area (Å²) in [4.78, 5) is 38.6. The Labute approximate surface area is 194 Å². The summed E-state index contributed by atoms with van der Waals surface area (Å²) in [5.74, 6) is -0.472. The molecule has 9 nitrogen and oxygen atoms in total. The number of likely N-dealkylation sites (tertiary alicyclic amines) is 1. The Kier molecular flexibility index (Phi) is 7.73. The summed E-state index contributed by atoms with van der Waals surface area (Å²) in [6.45, 7) is 6.67. The highest BCUT2D eigenvalue weighted by atomic mass is 16.6. The van der Waals surface area contributed by atoms with Gasteiger partial charge in [-0.05, 0) is 51.7 Å². The first-order valence-electron chi connectivity index (χ1n) is 11.3. The van der Waals surface area contributed by atoms with Crippen molar-refractivity contribution in [1.82, 2.24) is 20.4 Å². The molecule has 1 saturated heterocycles. The number of piperidine rings is 1. The van der Waals surface area contributed by atoms with Gasteiger partial charge in [0, 0.05) is 31.1 Å². The van der Waals surface area contributed by atoms with Crippen molar-refractivity contribution in [2.24, 2.45) is 5.73 Å². The van der Waals surface area contributed by atoms with Crippen LogP contribution >= 0.6 is 0 Å². The van der Waals surface area contributed by atoms with Crippen LogP contribution in [0.5, 0.6) is 0 Å². The number of hydrogen-bond donors (Lipinski definition) is 3. The van der Waals surface area contributed by atoms with Crippen LogP contribution < -0.4 is 11.1 Å². The minimum Gasteiger partial charge on any atom is -0.444 e. The summed E-state index contributed by atoms with van der Waals surface area (Å²) >= 11 is 0. The first-order valence-corrected chi connectivity index (χ1v) is 11.3. The number of H-pyrrole nitrogens is 1. The van der Waals surface area contributed by atoms with E-state index in [1.165, 1.54) is 0 Å². The molecule has 1 aromatic carbocycles. The molecule has 0 bridgehead atoms. The minimum atomic E-state index is -0.606. The zero-order chi connectivity index (χ0) is 24.0. The first kappa shape index (κ1) is 24.3. The average Bonchev–Trinajstić information content (AvgIpc) is 3.27. The lowest BCUT2D eigenvalue weighted by atomic mass is 9.94. The van der Waals surface area contributed by atoms with Gasteiger partial charge in [0.05, 0.1) is 6.04 Å². The SMILES string of the molecule is CC(C)(C)OC(=O)NC(CCC(=O)N1CCCC(c2cc(C(N)=O)n[nH]2)C1)c1ccccc1. The molecule has 33 heavy (non-hydrogen) atoms. The smallest absolute Gasteiger partial charge is 0.408 e. The summed E-state index contributed by atoms with van der Waals surface area (Å²) in [5, 5.41) is 9.74. The Balaban J connectivity index is 1.61. The number of nitrogens with zero attached hydrogens (tertiary/aromatic N) is 2. The van der Waals surface area contributed by atoms with Gasteiger partial charge in [-0.1, -0.05) is 30.3 Å². The molecule has 2 aromatic rings. The predicted molar refractivity (Wildman–Crippen MR) is 123 cm³/mol. The number of aromatic amines is 1. The minimum absolute atomic E-state index is 0.0289. The molecule has 9 heteroatoms. The van der Waals surface area contributed by atoms with Gasteiger partial charge in [-0.25, -0.2) is 4.79 Å². The van der Waals surface area contributed by atoms with Crippen LogP contribution in [0.3, 0.4) is 0 Å². The summed E-state index contributed by atoms with van der Waals surface area (Å²) in [7, 11) is 0. The Morgan fingerprint density at radius 3 is 2.64 bits per heavy atom. The number of alkyl carbamates (subject to hydrolysis) is 1. The highest BCUT2D eigenvalue weighted by Crippen LogP contribution is 2.27. The fourth-order valence-electron chi connectivity index (χ4n) is 4.01. The van der Waals surface area contributed by atoms with Gasteiger partial charge in [0.15, 0.2) is 0 Å². The number of hydrogen-bond acceptors (Lipinski definition) is 5. The molecule has 1 fully saturated rings. The van der Waals surface area contributed by atoms with Gasteiger partial charge in [0.2, 0.25) is 5.91 Å². The van der Waals surface area contributed by atoms with E-state index in [0.29, 0.717) is 19.5 Å². The number of aromatic nitrogens is 2. The second-order valence-corrected chi connectivity index (χ2v) is 9.40. The molecule has 4 N–H and O–H groups in total. The molecule has 178 valence electrons.